The summed E-state index contributed by atoms with van der Waals surface area (Å²) < 4.78 is 42.7. The molecule has 92 valence electrons. The lowest BCUT2D eigenvalue weighted by molar-refractivity contribution is -0.171. The fourth-order valence-corrected chi connectivity index (χ4v) is 1.71. The van der Waals surface area contributed by atoms with Gasteiger partial charge in [0.05, 0.1) is 6.61 Å². The van der Waals surface area contributed by atoms with Crippen LogP contribution in [0.3, 0.4) is 0 Å². The van der Waals surface area contributed by atoms with Crippen LogP contribution in [0.5, 0.6) is 0 Å². The molecule has 1 saturated carbocycles. The third kappa shape index (κ3) is 1.78. The molecule has 0 spiro atoms. The molecule has 0 aromatic heterocycles. The fourth-order valence-electron chi connectivity index (χ4n) is 1.71. The first-order chi connectivity index (χ1) is 7.29. The summed E-state index contributed by atoms with van der Waals surface area (Å²) in [7, 11) is 0. The fraction of sp³-hybridized carbons (Fsp3) is 0.889. The van der Waals surface area contributed by atoms with Crippen LogP contribution in [-0.2, 0) is 9.53 Å². The summed E-state index contributed by atoms with van der Waals surface area (Å²) in [6.45, 7) is 0.287. The standard InChI is InChI=1S/C9H13F3N2O2/c10-9(11,12)8(1-2-8)14-6(15)7(13)3-4-16-5-7/h1-5,13H2,(H,14,15). The Morgan fingerprint density at radius 2 is 1.94 bits per heavy atom. The van der Waals surface area contributed by atoms with Crippen molar-refractivity contribution in [3.8, 4) is 0 Å². The third-order valence-corrected chi connectivity index (χ3v) is 3.15. The molecule has 1 saturated heterocycles. The van der Waals surface area contributed by atoms with E-state index in [2.05, 4.69) is 0 Å². The second kappa shape index (κ2) is 3.33. The molecule has 16 heavy (non-hydrogen) atoms. The molecule has 0 radical (unpaired) electrons. The maximum atomic E-state index is 12.6. The number of alkyl halides is 3. The van der Waals surface area contributed by atoms with Gasteiger partial charge >= 0.3 is 6.18 Å². The molecule has 1 amide bonds. The zero-order valence-corrected chi connectivity index (χ0v) is 8.56. The van der Waals surface area contributed by atoms with Gasteiger partial charge in [-0.2, -0.15) is 13.2 Å². The van der Waals surface area contributed by atoms with E-state index in [-0.39, 0.29) is 25.9 Å². The molecule has 0 aromatic rings. The SMILES string of the molecule is NC1(C(=O)NC2(C(F)(F)F)CC2)CCOC1. The van der Waals surface area contributed by atoms with Crippen molar-refractivity contribution in [1.82, 2.24) is 5.32 Å². The van der Waals surface area contributed by atoms with Crippen LogP contribution >= 0.6 is 0 Å². The van der Waals surface area contributed by atoms with Gasteiger partial charge in [-0.1, -0.05) is 0 Å². The predicted octanol–water partition coefficient (Wildman–Crippen LogP) is 0.315. The van der Waals surface area contributed by atoms with E-state index in [9.17, 15) is 18.0 Å². The van der Waals surface area contributed by atoms with Gasteiger partial charge in [-0.05, 0) is 19.3 Å². The van der Waals surface area contributed by atoms with Gasteiger partial charge in [0.15, 0.2) is 0 Å². The van der Waals surface area contributed by atoms with Crippen LogP contribution in [0.2, 0.25) is 0 Å². The van der Waals surface area contributed by atoms with Crippen LogP contribution in [0, 0.1) is 0 Å². The largest absolute Gasteiger partial charge is 0.411 e. The lowest BCUT2D eigenvalue weighted by atomic mass is 9.98. The number of nitrogens with one attached hydrogen (secondary N) is 1. The average Bonchev–Trinajstić information content (AvgIpc) is 2.81. The quantitative estimate of drug-likeness (QED) is 0.728. The highest BCUT2D eigenvalue weighted by Crippen LogP contribution is 2.49. The lowest BCUT2D eigenvalue weighted by Gasteiger charge is -2.26. The maximum absolute atomic E-state index is 12.6. The summed E-state index contributed by atoms with van der Waals surface area (Å²) in [5.74, 6) is -0.764. The van der Waals surface area contributed by atoms with Crippen LogP contribution in [0.4, 0.5) is 13.2 Å². The van der Waals surface area contributed by atoms with Crippen molar-refractivity contribution >= 4 is 5.91 Å². The monoisotopic (exact) mass is 238 g/mol. The van der Waals surface area contributed by atoms with Crippen LogP contribution in [0.25, 0.3) is 0 Å². The molecular formula is C9H13F3N2O2. The smallest absolute Gasteiger partial charge is 0.379 e. The van der Waals surface area contributed by atoms with Crippen molar-refractivity contribution in [3.63, 3.8) is 0 Å². The first-order valence-electron chi connectivity index (χ1n) is 5.05. The number of amides is 1. The molecular weight excluding hydrogens is 225 g/mol. The number of ether oxygens (including phenoxy) is 1. The normalized spacial score (nSPS) is 32.5. The van der Waals surface area contributed by atoms with Gasteiger partial charge in [0, 0.05) is 6.61 Å². The van der Waals surface area contributed by atoms with Gasteiger partial charge in [-0.15, -0.1) is 0 Å². The van der Waals surface area contributed by atoms with Crippen molar-refractivity contribution in [1.29, 1.82) is 0 Å². The Labute approximate surface area is 90.3 Å². The van der Waals surface area contributed by atoms with Crippen molar-refractivity contribution in [2.75, 3.05) is 13.2 Å². The lowest BCUT2D eigenvalue weighted by Crippen LogP contribution is -2.60. The van der Waals surface area contributed by atoms with E-state index >= 15 is 0 Å². The molecule has 7 heteroatoms. The number of hydrogen-bond donors (Lipinski definition) is 2. The summed E-state index contributed by atoms with van der Waals surface area (Å²) in [4.78, 5) is 11.7. The van der Waals surface area contributed by atoms with E-state index in [1.54, 1.807) is 0 Å². The van der Waals surface area contributed by atoms with E-state index in [0.29, 0.717) is 6.61 Å². The molecule has 1 aliphatic heterocycles. The summed E-state index contributed by atoms with van der Waals surface area (Å²) in [5.41, 5.74) is 2.33. The highest BCUT2D eigenvalue weighted by atomic mass is 19.4. The Morgan fingerprint density at radius 1 is 1.31 bits per heavy atom. The minimum Gasteiger partial charge on any atom is -0.379 e. The molecule has 1 unspecified atom stereocenters. The Kier molecular flexibility index (Phi) is 2.43. The number of hydrogen-bond acceptors (Lipinski definition) is 3. The van der Waals surface area contributed by atoms with Crippen LogP contribution in [0.15, 0.2) is 0 Å². The minimum absolute atomic E-state index is 0.0211. The molecule has 1 heterocycles. The van der Waals surface area contributed by atoms with E-state index in [4.69, 9.17) is 10.5 Å². The third-order valence-electron chi connectivity index (χ3n) is 3.15. The van der Waals surface area contributed by atoms with Crippen LogP contribution in [-0.4, -0.2) is 36.4 Å². The highest BCUT2D eigenvalue weighted by molar-refractivity contribution is 5.87. The van der Waals surface area contributed by atoms with Crippen molar-refractivity contribution in [3.05, 3.63) is 0 Å². The van der Waals surface area contributed by atoms with Gasteiger partial charge in [-0.25, -0.2) is 0 Å². The highest BCUT2D eigenvalue weighted by Gasteiger charge is 2.65. The summed E-state index contributed by atoms with van der Waals surface area (Å²) >= 11 is 0. The second-order valence-electron chi connectivity index (χ2n) is 4.49. The molecule has 0 bridgehead atoms. The van der Waals surface area contributed by atoms with Crippen LogP contribution < -0.4 is 11.1 Å². The Morgan fingerprint density at radius 3 is 2.31 bits per heavy atom. The number of carbonyl (C=O) groups is 1. The topological polar surface area (TPSA) is 64.4 Å². The number of halogens is 3. The Hall–Kier alpha value is -0.820. The molecule has 2 rings (SSSR count). The number of carbonyl (C=O) groups excluding carboxylic acids is 1. The van der Waals surface area contributed by atoms with E-state index < -0.39 is 23.2 Å². The summed E-state index contributed by atoms with van der Waals surface area (Å²) in [6.07, 6.45) is -4.29. The van der Waals surface area contributed by atoms with Gasteiger partial charge in [0.1, 0.15) is 11.1 Å². The van der Waals surface area contributed by atoms with Gasteiger partial charge < -0.3 is 15.8 Å². The van der Waals surface area contributed by atoms with Gasteiger partial charge in [0.25, 0.3) is 0 Å². The Bertz CT molecular complexity index is 306. The molecule has 1 aliphatic carbocycles. The average molecular weight is 238 g/mol. The van der Waals surface area contributed by atoms with Crippen molar-refractivity contribution < 1.29 is 22.7 Å². The van der Waals surface area contributed by atoms with Gasteiger partial charge in [0.2, 0.25) is 5.91 Å². The summed E-state index contributed by atoms with van der Waals surface area (Å²) in [5, 5.41) is 2.02. The molecule has 0 aromatic carbocycles. The maximum Gasteiger partial charge on any atom is 0.411 e. The Balaban J connectivity index is 2.03. The minimum atomic E-state index is -4.40. The van der Waals surface area contributed by atoms with E-state index in [1.165, 1.54) is 0 Å². The van der Waals surface area contributed by atoms with E-state index in [0.717, 1.165) is 0 Å². The molecule has 2 aliphatic rings. The predicted molar refractivity (Wildman–Crippen MR) is 48.5 cm³/mol. The summed E-state index contributed by atoms with van der Waals surface area (Å²) in [6, 6.07) is 0. The molecule has 2 fully saturated rings. The second-order valence-corrected chi connectivity index (χ2v) is 4.49. The number of nitrogens with two attached hydrogens (primary N) is 1. The molecule has 1 atom stereocenters. The zero-order valence-electron chi connectivity index (χ0n) is 8.56. The molecule has 4 nitrogen and oxygen atoms in total. The first-order valence-corrected chi connectivity index (χ1v) is 5.05. The van der Waals surface area contributed by atoms with Crippen molar-refractivity contribution in [2.45, 2.75) is 36.5 Å². The number of rotatable bonds is 2. The van der Waals surface area contributed by atoms with E-state index in [1.807, 2.05) is 5.32 Å². The van der Waals surface area contributed by atoms with Gasteiger partial charge in [-0.3, -0.25) is 4.79 Å². The first kappa shape index (κ1) is 11.7. The molecule has 3 N–H and O–H groups in total. The van der Waals surface area contributed by atoms with Crippen molar-refractivity contribution in [2.24, 2.45) is 5.73 Å². The zero-order chi connectivity index (χ0) is 12.0. The van der Waals surface area contributed by atoms with Crippen LogP contribution in [0.1, 0.15) is 19.3 Å².